The van der Waals surface area contributed by atoms with E-state index in [9.17, 15) is 19.2 Å². The molecule has 1 fully saturated rings. The Morgan fingerprint density at radius 1 is 1.21 bits per heavy atom. The maximum absolute atomic E-state index is 12.0. The number of hydrogen-bond acceptors (Lipinski definition) is 10. The molecule has 1 atom stereocenters. The van der Waals surface area contributed by atoms with Crippen molar-refractivity contribution in [2.75, 3.05) is 5.75 Å². The third-order valence-corrected chi connectivity index (χ3v) is 6.04. The summed E-state index contributed by atoms with van der Waals surface area (Å²) in [7, 11) is 0. The van der Waals surface area contributed by atoms with Crippen LogP contribution in [0.15, 0.2) is 63.3 Å². The molecule has 1 unspecified atom stereocenters. The molecule has 33 heavy (non-hydrogen) atoms. The highest BCUT2D eigenvalue weighted by atomic mass is 32.2. The molecule has 2 N–H and O–H groups in total. The van der Waals surface area contributed by atoms with Crippen LogP contribution < -0.4 is 15.5 Å². The summed E-state index contributed by atoms with van der Waals surface area (Å²) in [6, 6.07) is 13.7. The summed E-state index contributed by atoms with van der Waals surface area (Å²) < 4.78 is 10.7. The average Bonchev–Trinajstić information content (AvgIpc) is 3.35. The second kappa shape index (κ2) is 10.3. The minimum atomic E-state index is -0.777. The lowest BCUT2D eigenvalue weighted by Gasteiger charge is -2.06. The van der Waals surface area contributed by atoms with Crippen LogP contribution in [0.5, 0.6) is 5.75 Å². The Morgan fingerprint density at radius 3 is 2.73 bits per heavy atom. The van der Waals surface area contributed by atoms with E-state index < -0.39 is 22.4 Å². The summed E-state index contributed by atoms with van der Waals surface area (Å²) >= 11 is 1.93. The maximum atomic E-state index is 12.0. The molecule has 1 aliphatic rings. The van der Waals surface area contributed by atoms with Crippen molar-refractivity contribution in [1.82, 2.24) is 15.7 Å². The van der Waals surface area contributed by atoms with Crippen LogP contribution in [0, 0.1) is 0 Å². The van der Waals surface area contributed by atoms with Crippen LogP contribution >= 0.6 is 23.5 Å². The van der Waals surface area contributed by atoms with Crippen LogP contribution in [0.25, 0.3) is 11.1 Å². The van der Waals surface area contributed by atoms with Crippen molar-refractivity contribution < 1.29 is 28.3 Å². The van der Waals surface area contributed by atoms with Crippen LogP contribution in [0.3, 0.4) is 0 Å². The number of aromatic nitrogens is 1. The molecule has 1 aliphatic heterocycles. The molecule has 0 spiro atoms. The molecule has 12 heteroatoms. The minimum Gasteiger partial charge on any atom is -0.431 e. The number of thioether (sulfide) groups is 2. The molecule has 10 nitrogen and oxygen atoms in total. The second-order valence-corrected chi connectivity index (χ2v) is 8.76. The molecule has 0 bridgehead atoms. The predicted octanol–water partition coefficient (Wildman–Crippen LogP) is 2.72. The predicted molar refractivity (Wildman–Crippen MR) is 122 cm³/mol. The van der Waals surface area contributed by atoms with Gasteiger partial charge in [-0.2, -0.15) is 5.10 Å². The zero-order valence-electron chi connectivity index (χ0n) is 16.8. The molecule has 0 aliphatic carbocycles. The highest BCUT2D eigenvalue weighted by Crippen LogP contribution is 2.24. The number of hydrazone groups is 1. The number of amides is 3. The number of para-hydroxylation sites is 2. The largest absolute Gasteiger partial charge is 0.431 e. The van der Waals surface area contributed by atoms with Gasteiger partial charge >= 0.3 is 5.97 Å². The number of carbonyl (C=O) groups excluding carboxylic acids is 4. The normalized spacial score (nSPS) is 15.7. The standard InChI is InChI=1S/C21H16N4O6S2/c26-17(11-32-21-23-14-3-1-2-4-15(14)31-21)25-22-10-12-5-7-13(8-6-12)30-18(27)9-16-19(28)24-20(29)33-16/h1-8,10,16H,9,11H2,(H,25,26)(H,24,28,29)/b22-10+. The van der Waals surface area contributed by atoms with Gasteiger partial charge in [-0.25, -0.2) is 10.4 Å². The number of ether oxygens (including phenoxy) is 1. The van der Waals surface area contributed by atoms with Crippen molar-refractivity contribution in [1.29, 1.82) is 0 Å². The lowest BCUT2D eigenvalue weighted by atomic mass is 10.2. The van der Waals surface area contributed by atoms with E-state index in [4.69, 9.17) is 9.15 Å². The molecular weight excluding hydrogens is 468 g/mol. The van der Waals surface area contributed by atoms with Gasteiger partial charge in [-0.05, 0) is 42.0 Å². The van der Waals surface area contributed by atoms with Crippen molar-refractivity contribution in [2.45, 2.75) is 16.9 Å². The Hall–Kier alpha value is -3.64. The summed E-state index contributed by atoms with van der Waals surface area (Å²) in [4.78, 5) is 50.8. The third-order valence-electron chi connectivity index (χ3n) is 4.23. The fourth-order valence-corrected chi connectivity index (χ4v) is 4.16. The Balaban J connectivity index is 1.20. The summed E-state index contributed by atoms with van der Waals surface area (Å²) in [5.74, 6) is -1.07. The first-order valence-electron chi connectivity index (χ1n) is 9.59. The number of carbonyl (C=O) groups is 4. The molecule has 2 heterocycles. The first-order valence-corrected chi connectivity index (χ1v) is 11.5. The summed E-state index contributed by atoms with van der Waals surface area (Å²) in [5, 5.41) is 5.16. The van der Waals surface area contributed by atoms with E-state index >= 15 is 0 Å². The van der Waals surface area contributed by atoms with Gasteiger partial charge < -0.3 is 9.15 Å². The van der Waals surface area contributed by atoms with Crippen molar-refractivity contribution in [3.05, 3.63) is 54.1 Å². The molecule has 1 saturated heterocycles. The molecule has 0 radical (unpaired) electrons. The number of imide groups is 1. The molecule has 0 saturated carbocycles. The van der Waals surface area contributed by atoms with Gasteiger partial charge in [-0.15, -0.1) is 0 Å². The topological polar surface area (TPSA) is 140 Å². The SMILES string of the molecule is O=C(CSc1nc2ccccc2o1)N/N=C/c1ccc(OC(=O)CC2SC(=O)NC2=O)cc1. The first-order chi connectivity index (χ1) is 16.0. The summed E-state index contributed by atoms with van der Waals surface area (Å²) in [5.41, 5.74) is 4.47. The zero-order chi connectivity index (χ0) is 23.2. The van der Waals surface area contributed by atoms with E-state index in [-0.39, 0.29) is 23.8 Å². The Morgan fingerprint density at radius 2 is 2.00 bits per heavy atom. The van der Waals surface area contributed by atoms with Gasteiger partial charge in [0.05, 0.1) is 18.4 Å². The molecule has 3 amide bonds. The quantitative estimate of drug-likeness (QED) is 0.162. The van der Waals surface area contributed by atoms with E-state index in [2.05, 4.69) is 20.8 Å². The number of esters is 1. The second-order valence-electron chi connectivity index (χ2n) is 6.66. The zero-order valence-corrected chi connectivity index (χ0v) is 18.5. The van der Waals surface area contributed by atoms with Crippen LogP contribution in [0.2, 0.25) is 0 Å². The van der Waals surface area contributed by atoms with Gasteiger partial charge in [0.2, 0.25) is 5.91 Å². The first kappa shape index (κ1) is 22.6. The Bertz CT molecular complexity index is 1210. The molecule has 3 aromatic rings. The number of oxazole rings is 1. The van der Waals surface area contributed by atoms with E-state index in [0.717, 1.165) is 29.0 Å². The third kappa shape index (κ3) is 6.20. The van der Waals surface area contributed by atoms with Crippen molar-refractivity contribution in [3.8, 4) is 5.75 Å². The van der Waals surface area contributed by atoms with E-state index in [1.54, 1.807) is 30.3 Å². The maximum Gasteiger partial charge on any atom is 0.312 e. The number of fused-ring (bicyclic) bond motifs is 1. The minimum absolute atomic E-state index is 0.0853. The highest BCUT2D eigenvalue weighted by molar-refractivity contribution is 8.15. The van der Waals surface area contributed by atoms with Crippen molar-refractivity contribution in [3.63, 3.8) is 0 Å². The smallest absolute Gasteiger partial charge is 0.312 e. The molecule has 2 aromatic carbocycles. The summed E-state index contributed by atoms with van der Waals surface area (Å²) in [6.45, 7) is 0. The average molecular weight is 485 g/mol. The monoisotopic (exact) mass is 484 g/mol. The fraction of sp³-hybridized carbons (Fsp3) is 0.143. The lowest BCUT2D eigenvalue weighted by molar-refractivity contribution is -0.135. The van der Waals surface area contributed by atoms with E-state index in [1.807, 2.05) is 18.2 Å². The van der Waals surface area contributed by atoms with Crippen LogP contribution in [0.4, 0.5) is 4.79 Å². The number of hydrogen-bond donors (Lipinski definition) is 2. The van der Waals surface area contributed by atoms with Gasteiger partial charge in [-0.3, -0.25) is 24.5 Å². The Labute approximate surface area is 195 Å². The lowest BCUT2D eigenvalue weighted by Crippen LogP contribution is -2.27. The van der Waals surface area contributed by atoms with E-state index in [0.29, 0.717) is 16.4 Å². The molecular formula is C21H16N4O6S2. The number of nitrogens with one attached hydrogen (secondary N) is 2. The number of benzene rings is 2. The van der Waals surface area contributed by atoms with Gasteiger partial charge in [0.15, 0.2) is 5.58 Å². The van der Waals surface area contributed by atoms with Gasteiger partial charge in [0.25, 0.3) is 16.4 Å². The fourth-order valence-electron chi connectivity index (χ4n) is 2.73. The molecule has 4 rings (SSSR count). The molecule has 1 aromatic heterocycles. The molecule has 168 valence electrons. The van der Waals surface area contributed by atoms with Crippen LogP contribution in [-0.4, -0.2) is 45.2 Å². The van der Waals surface area contributed by atoms with Crippen LogP contribution in [-0.2, 0) is 14.4 Å². The van der Waals surface area contributed by atoms with Crippen molar-refractivity contribution in [2.24, 2.45) is 5.10 Å². The van der Waals surface area contributed by atoms with E-state index in [1.165, 1.54) is 6.21 Å². The van der Waals surface area contributed by atoms with Gasteiger partial charge in [-0.1, -0.05) is 35.7 Å². The summed E-state index contributed by atoms with van der Waals surface area (Å²) in [6.07, 6.45) is 1.23. The van der Waals surface area contributed by atoms with Gasteiger partial charge in [0.1, 0.15) is 16.5 Å². The van der Waals surface area contributed by atoms with Gasteiger partial charge in [0, 0.05) is 0 Å². The Kier molecular flexibility index (Phi) is 7.05. The number of nitrogens with zero attached hydrogens (tertiary/aromatic N) is 2. The number of rotatable bonds is 8. The van der Waals surface area contributed by atoms with Crippen molar-refractivity contribution >= 4 is 63.9 Å². The highest BCUT2D eigenvalue weighted by Gasteiger charge is 2.33. The van der Waals surface area contributed by atoms with Crippen LogP contribution in [0.1, 0.15) is 12.0 Å².